The standard InChI is InChI=1S/C8H16BrNO2/c1-4-10(5-2)6-7(9)8(11)12-3/h7H,4-6H2,1-3H3. The normalized spacial score (nSPS) is 13.1. The van der Waals surface area contributed by atoms with E-state index in [-0.39, 0.29) is 10.8 Å². The van der Waals surface area contributed by atoms with Crippen molar-refractivity contribution in [2.45, 2.75) is 18.7 Å². The van der Waals surface area contributed by atoms with Crippen LogP contribution in [0.25, 0.3) is 0 Å². The van der Waals surface area contributed by atoms with Crippen molar-refractivity contribution < 1.29 is 9.53 Å². The van der Waals surface area contributed by atoms with E-state index < -0.39 is 0 Å². The average Bonchev–Trinajstić information content (AvgIpc) is 2.12. The second kappa shape index (κ2) is 6.43. The molecule has 0 aromatic rings. The Labute approximate surface area is 82.2 Å². The maximum Gasteiger partial charge on any atom is 0.320 e. The summed E-state index contributed by atoms with van der Waals surface area (Å²) < 4.78 is 4.59. The minimum absolute atomic E-state index is 0.206. The van der Waals surface area contributed by atoms with Crippen LogP contribution in [0.3, 0.4) is 0 Å². The van der Waals surface area contributed by atoms with Crippen LogP contribution in [-0.4, -0.2) is 42.4 Å². The molecule has 0 amide bonds. The lowest BCUT2D eigenvalue weighted by molar-refractivity contribution is -0.140. The van der Waals surface area contributed by atoms with Gasteiger partial charge in [0, 0.05) is 6.54 Å². The van der Waals surface area contributed by atoms with E-state index in [4.69, 9.17) is 0 Å². The molecule has 1 unspecified atom stereocenters. The molecule has 0 spiro atoms. The highest BCUT2D eigenvalue weighted by atomic mass is 79.9. The number of alkyl halides is 1. The smallest absolute Gasteiger partial charge is 0.320 e. The van der Waals surface area contributed by atoms with Gasteiger partial charge >= 0.3 is 5.97 Å². The molecule has 0 rings (SSSR count). The lowest BCUT2D eigenvalue weighted by Crippen LogP contribution is -2.33. The van der Waals surface area contributed by atoms with Gasteiger partial charge in [0.15, 0.2) is 0 Å². The van der Waals surface area contributed by atoms with Crippen LogP contribution in [0.4, 0.5) is 0 Å². The third-order valence-electron chi connectivity index (χ3n) is 1.77. The molecular formula is C8H16BrNO2. The first kappa shape index (κ1) is 11.9. The number of halogens is 1. The van der Waals surface area contributed by atoms with Crippen molar-refractivity contribution in [1.29, 1.82) is 0 Å². The molecule has 0 saturated carbocycles. The van der Waals surface area contributed by atoms with Gasteiger partial charge in [-0.1, -0.05) is 29.8 Å². The lowest BCUT2D eigenvalue weighted by atomic mass is 10.4. The predicted octanol–water partition coefficient (Wildman–Crippen LogP) is 1.26. The first-order chi connectivity index (χ1) is 5.65. The molecule has 0 aromatic heterocycles. The summed E-state index contributed by atoms with van der Waals surface area (Å²) in [6.07, 6.45) is 0. The Hall–Kier alpha value is -0.0900. The van der Waals surface area contributed by atoms with Crippen molar-refractivity contribution in [1.82, 2.24) is 4.90 Å². The zero-order valence-electron chi connectivity index (χ0n) is 7.84. The number of esters is 1. The van der Waals surface area contributed by atoms with Crippen molar-refractivity contribution in [3.8, 4) is 0 Å². The van der Waals surface area contributed by atoms with Gasteiger partial charge < -0.3 is 9.64 Å². The second-order valence-electron chi connectivity index (χ2n) is 2.48. The van der Waals surface area contributed by atoms with Gasteiger partial charge in [-0.15, -0.1) is 0 Å². The van der Waals surface area contributed by atoms with E-state index in [0.29, 0.717) is 6.54 Å². The quantitative estimate of drug-likeness (QED) is 0.533. The summed E-state index contributed by atoms with van der Waals surface area (Å²) in [6.45, 7) is 6.76. The Morgan fingerprint density at radius 2 is 2.00 bits per heavy atom. The molecule has 0 N–H and O–H groups in total. The summed E-state index contributed by atoms with van der Waals surface area (Å²) in [5.74, 6) is -0.207. The molecule has 0 bridgehead atoms. The number of ether oxygens (including phenoxy) is 1. The van der Waals surface area contributed by atoms with Crippen LogP contribution in [0.1, 0.15) is 13.8 Å². The molecule has 0 saturated heterocycles. The molecule has 0 heterocycles. The highest BCUT2D eigenvalue weighted by Crippen LogP contribution is 2.04. The third-order valence-corrected chi connectivity index (χ3v) is 2.43. The number of hydrogen-bond donors (Lipinski definition) is 0. The zero-order valence-corrected chi connectivity index (χ0v) is 9.43. The van der Waals surface area contributed by atoms with Gasteiger partial charge in [0.05, 0.1) is 7.11 Å². The SMILES string of the molecule is CCN(CC)CC(Br)C(=O)OC. The van der Waals surface area contributed by atoms with E-state index in [1.165, 1.54) is 7.11 Å². The van der Waals surface area contributed by atoms with E-state index in [9.17, 15) is 4.79 Å². The first-order valence-corrected chi connectivity index (χ1v) is 5.01. The number of carbonyl (C=O) groups excluding carboxylic acids is 1. The van der Waals surface area contributed by atoms with E-state index >= 15 is 0 Å². The summed E-state index contributed by atoms with van der Waals surface area (Å²) in [7, 11) is 1.40. The Morgan fingerprint density at radius 3 is 2.33 bits per heavy atom. The van der Waals surface area contributed by atoms with Gasteiger partial charge in [-0.2, -0.15) is 0 Å². The van der Waals surface area contributed by atoms with E-state index in [1.54, 1.807) is 0 Å². The first-order valence-electron chi connectivity index (χ1n) is 4.09. The molecule has 0 aliphatic rings. The Kier molecular flexibility index (Phi) is 6.38. The van der Waals surface area contributed by atoms with Gasteiger partial charge in [0.2, 0.25) is 0 Å². The lowest BCUT2D eigenvalue weighted by Gasteiger charge is -2.19. The number of hydrogen-bond acceptors (Lipinski definition) is 3. The van der Waals surface area contributed by atoms with Crippen molar-refractivity contribution in [2.75, 3.05) is 26.7 Å². The van der Waals surface area contributed by atoms with Crippen molar-refractivity contribution in [3.05, 3.63) is 0 Å². The highest BCUT2D eigenvalue weighted by Gasteiger charge is 2.17. The van der Waals surface area contributed by atoms with Crippen LogP contribution < -0.4 is 0 Å². The van der Waals surface area contributed by atoms with Crippen LogP contribution >= 0.6 is 15.9 Å². The third kappa shape index (κ3) is 4.07. The minimum atomic E-state index is -0.207. The monoisotopic (exact) mass is 237 g/mol. The van der Waals surface area contributed by atoms with Gasteiger partial charge in [-0.3, -0.25) is 4.79 Å². The average molecular weight is 238 g/mol. The molecule has 12 heavy (non-hydrogen) atoms. The fourth-order valence-corrected chi connectivity index (χ4v) is 1.51. The molecule has 0 radical (unpaired) electrons. The minimum Gasteiger partial charge on any atom is -0.468 e. The fourth-order valence-electron chi connectivity index (χ4n) is 0.911. The van der Waals surface area contributed by atoms with Crippen molar-refractivity contribution in [3.63, 3.8) is 0 Å². The molecule has 72 valence electrons. The van der Waals surface area contributed by atoms with Crippen LogP contribution in [0.15, 0.2) is 0 Å². The van der Waals surface area contributed by atoms with Gasteiger partial charge in [0.25, 0.3) is 0 Å². The molecule has 0 aliphatic carbocycles. The largest absolute Gasteiger partial charge is 0.468 e. The van der Waals surface area contributed by atoms with Crippen molar-refractivity contribution in [2.24, 2.45) is 0 Å². The van der Waals surface area contributed by atoms with E-state index in [0.717, 1.165) is 13.1 Å². The van der Waals surface area contributed by atoms with Gasteiger partial charge in [-0.25, -0.2) is 0 Å². The van der Waals surface area contributed by atoms with Crippen LogP contribution in [0.2, 0.25) is 0 Å². The highest BCUT2D eigenvalue weighted by molar-refractivity contribution is 9.10. The summed E-state index contributed by atoms with van der Waals surface area (Å²) in [6, 6.07) is 0. The second-order valence-corrected chi connectivity index (χ2v) is 3.58. The van der Waals surface area contributed by atoms with Crippen LogP contribution in [-0.2, 0) is 9.53 Å². The number of methoxy groups -OCH3 is 1. The summed E-state index contributed by atoms with van der Waals surface area (Å²) in [5, 5.41) is 0. The van der Waals surface area contributed by atoms with Gasteiger partial charge in [0.1, 0.15) is 4.83 Å². The molecular weight excluding hydrogens is 222 g/mol. The molecule has 0 aromatic carbocycles. The molecule has 1 atom stereocenters. The number of carbonyl (C=O) groups is 1. The topological polar surface area (TPSA) is 29.5 Å². The predicted molar refractivity (Wildman–Crippen MR) is 52.5 cm³/mol. The summed E-state index contributed by atoms with van der Waals surface area (Å²) in [5.41, 5.74) is 0. The van der Waals surface area contributed by atoms with Crippen molar-refractivity contribution >= 4 is 21.9 Å². The molecule has 0 aliphatic heterocycles. The molecule has 3 nitrogen and oxygen atoms in total. The summed E-state index contributed by atoms with van der Waals surface area (Å²) in [4.78, 5) is 12.9. The molecule has 4 heteroatoms. The Balaban J connectivity index is 3.80. The van der Waals surface area contributed by atoms with E-state index in [1.807, 2.05) is 0 Å². The maximum absolute atomic E-state index is 11.0. The zero-order chi connectivity index (χ0) is 9.56. The van der Waals surface area contributed by atoms with E-state index in [2.05, 4.69) is 39.4 Å². The van der Waals surface area contributed by atoms with Crippen LogP contribution in [0, 0.1) is 0 Å². The summed E-state index contributed by atoms with van der Waals surface area (Å²) >= 11 is 3.27. The fraction of sp³-hybridized carbons (Fsp3) is 0.875. The van der Waals surface area contributed by atoms with Gasteiger partial charge in [-0.05, 0) is 13.1 Å². The molecule has 0 fully saturated rings. The Morgan fingerprint density at radius 1 is 1.50 bits per heavy atom. The van der Waals surface area contributed by atoms with Crippen LogP contribution in [0.5, 0.6) is 0 Å². The number of nitrogens with zero attached hydrogens (tertiary/aromatic N) is 1. The number of rotatable bonds is 5. The Bertz CT molecular complexity index is 137. The maximum atomic E-state index is 11.0.